The molecule has 12 nitrogen and oxygen atoms in total. The van der Waals surface area contributed by atoms with Crippen LogP contribution >= 0.6 is 0 Å². The number of nitrogens with zero attached hydrogens (tertiary/aromatic N) is 4. The van der Waals surface area contributed by atoms with Gasteiger partial charge < -0.3 is 24.0 Å². The number of fused-ring (bicyclic) bond motifs is 1. The maximum Gasteiger partial charge on any atom is 0.306 e. The fourth-order valence-electron chi connectivity index (χ4n) is 6.37. The van der Waals surface area contributed by atoms with Crippen molar-refractivity contribution >= 4 is 38.6 Å². The summed E-state index contributed by atoms with van der Waals surface area (Å²) in [6.45, 7) is 1.40. The van der Waals surface area contributed by atoms with Gasteiger partial charge in [0, 0.05) is 62.3 Å². The van der Waals surface area contributed by atoms with Crippen molar-refractivity contribution in [3.63, 3.8) is 0 Å². The molecular weight excluding hydrogens is 612 g/mol. The Bertz CT molecular complexity index is 1640. The fourth-order valence-corrected chi connectivity index (χ4v) is 7.01. The minimum Gasteiger partial charge on any atom is -0.493 e. The van der Waals surface area contributed by atoms with Crippen LogP contribution in [-0.2, 0) is 35.4 Å². The summed E-state index contributed by atoms with van der Waals surface area (Å²) in [5.74, 6) is 1.34. The lowest BCUT2D eigenvalue weighted by Gasteiger charge is -2.36. The van der Waals surface area contributed by atoms with E-state index in [4.69, 9.17) is 19.6 Å². The van der Waals surface area contributed by atoms with Crippen molar-refractivity contribution in [2.75, 3.05) is 31.7 Å². The average Bonchev–Trinajstić information content (AvgIpc) is 3.47. The summed E-state index contributed by atoms with van der Waals surface area (Å²) in [6.07, 6.45) is 10.1. The highest BCUT2D eigenvalue weighted by molar-refractivity contribution is 7.90. The molecule has 3 heterocycles. The molecule has 13 heteroatoms. The largest absolute Gasteiger partial charge is 0.493 e. The second-order valence-electron chi connectivity index (χ2n) is 12.4. The van der Waals surface area contributed by atoms with Crippen molar-refractivity contribution in [3.05, 3.63) is 48.5 Å². The maximum absolute atomic E-state index is 13.2. The van der Waals surface area contributed by atoms with Gasteiger partial charge in [-0.15, -0.1) is 0 Å². The van der Waals surface area contributed by atoms with Crippen LogP contribution in [0.15, 0.2) is 42.7 Å². The van der Waals surface area contributed by atoms with Crippen LogP contribution in [0.5, 0.6) is 5.75 Å². The zero-order chi connectivity index (χ0) is 32.7. The molecule has 248 valence electrons. The zero-order valence-electron chi connectivity index (χ0n) is 26.2. The number of carboxylic acid groups (broad SMARTS) is 1. The molecule has 0 radical (unpaired) electrons. The van der Waals surface area contributed by atoms with Crippen LogP contribution in [-0.4, -0.2) is 88.6 Å². The third-order valence-corrected chi connectivity index (χ3v) is 9.84. The van der Waals surface area contributed by atoms with Gasteiger partial charge in [-0.1, -0.05) is 6.07 Å². The SMILES string of the molecule is CS(=O)(=O)CCCOc1cccc2c1ccn2-c1ccnc(CC2CCC(C(=O)N3CCC(OC(=O)CCC(=O)O)CC3)CC2)n1. The first-order chi connectivity index (χ1) is 22.1. The minimum atomic E-state index is -3.03. The molecule has 2 aromatic heterocycles. The molecule has 0 spiro atoms. The Labute approximate surface area is 269 Å². The molecule has 46 heavy (non-hydrogen) atoms. The molecule has 1 aromatic carbocycles. The fraction of sp³-hybridized carbons (Fsp3) is 0.545. The number of amides is 1. The van der Waals surface area contributed by atoms with Crippen molar-refractivity contribution < 1.29 is 37.4 Å². The van der Waals surface area contributed by atoms with E-state index in [1.54, 1.807) is 6.20 Å². The number of aliphatic carboxylic acids is 1. The predicted octanol–water partition coefficient (Wildman–Crippen LogP) is 3.98. The second-order valence-corrected chi connectivity index (χ2v) is 14.6. The number of hydrogen-bond donors (Lipinski definition) is 1. The van der Waals surface area contributed by atoms with Gasteiger partial charge in [-0.05, 0) is 62.3 Å². The molecular formula is C33H42N4O8S. The molecule has 0 atom stereocenters. The average molecular weight is 655 g/mol. The molecule has 0 bridgehead atoms. The van der Waals surface area contributed by atoms with Crippen LogP contribution in [0.4, 0.5) is 0 Å². The van der Waals surface area contributed by atoms with Crippen LogP contribution in [0.1, 0.15) is 63.6 Å². The first-order valence-electron chi connectivity index (χ1n) is 16.0. The van der Waals surface area contributed by atoms with Crippen molar-refractivity contribution in [3.8, 4) is 11.6 Å². The number of ether oxygens (including phenoxy) is 2. The summed E-state index contributed by atoms with van der Waals surface area (Å²) in [7, 11) is -3.03. The number of carbonyl (C=O) groups excluding carboxylic acids is 2. The molecule has 1 saturated heterocycles. The van der Waals surface area contributed by atoms with E-state index in [9.17, 15) is 22.8 Å². The lowest BCUT2D eigenvalue weighted by molar-refractivity contribution is -0.155. The number of benzene rings is 1. The highest BCUT2D eigenvalue weighted by Crippen LogP contribution is 2.33. The van der Waals surface area contributed by atoms with E-state index < -0.39 is 21.8 Å². The van der Waals surface area contributed by atoms with Crippen molar-refractivity contribution in [1.82, 2.24) is 19.4 Å². The first-order valence-corrected chi connectivity index (χ1v) is 18.0. The molecule has 1 N–H and O–H groups in total. The van der Waals surface area contributed by atoms with Gasteiger partial charge in [-0.25, -0.2) is 18.4 Å². The van der Waals surface area contributed by atoms with E-state index in [0.29, 0.717) is 50.6 Å². The van der Waals surface area contributed by atoms with Gasteiger partial charge in [0.25, 0.3) is 0 Å². The first kappa shape index (κ1) is 33.4. The maximum atomic E-state index is 13.2. The number of carbonyl (C=O) groups is 3. The molecule has 1 amide bonds. The monoisotopic (exact) mass is 654 g/mol. The predicted molar refractivity (Wildman–Crippen MR) is 170 cm³/mol. The standard InChI is InChI=1S/C33H42N4O8S/c1-46(42,43)21-3-20-44-28-5-2-4-27-26(28)15-19-37(27)30-12-16-34-29(35-30)22-23-6-8-24(9-7-23)33(41)36-17-13-25(14-18-36)45-32(40)11-10-31(38)39/h2,4-5,12,15-16,19,23-25H,3,6-11,13-14,17-18,20-22H2,1H3,(H,38,39). The summed E-state index contributed by atoms with van der Waals surface area (Å²) in [6, 6.07) is 9.63. The third-order valence-electron chi connectivity index (χ3n) is 8.81. The van der Waals surface area contributed by atoms with Crippen LogP contribution in [0.3, 0.4) is 0 Å². The molecule has 5 rings (SSSR count). The highest BCUT2D eigenvalue weighted by Gasteiger charge is 2.32. The molecule has 1 aliphatic carbocycles. The van der Waals surface area contributed by atoms with Crippen LogP contribution < -0.4 is 4.74 Å². The summed E-state index contributed by atoms with van der Waals surface area (Å²) in [5, 5.41) is 9.65. The number of piperidine rings is 1. The highest BCUT2D eigenvalue weighted by atomic mass is 32.2. The lowest BCUT2D eigenvalue weighted by atomic mass is 9.79. The third kappa shape index (κ3) is 9.05. The van der Waals surface area contributed by atoms with E-state index in [-0.39, 0.29) is 36.5 Å². The molecule has 1 aliphatic heterocycles. The number of esters is 1. The van der Waals surface area contributed by atoms with Gasteiger partial charge in [0.2, 0.25) is 5.91 Å². The number of hydrogen-bond acceptors (Lipinski definition) is 9. The van der Waals surface area contributed by atoms with E-state index in [0.717, 1.165) is 54.6 Å². The molecule has 2 fully saturated rings. The summed E-state index contributed by atoms with van der Waals surface area (Å²) < 4.78 is 36.2. The van der Waals surface area contributed by atoms with Gasteiger partial charge >= 0.3 is 11.9 Å². The van der Waals surface area contributed by atoms with Gasteiger partial charge in [0.05, 0.1) is 30.7 Å². The Balaban J connectivity index is 1.10. The zero-order valence-corrected chi connectivity index (χ0v) is 27.0. The van der Waals surface area contributed by atoms with Gasteiger partial charge in [0.1, 0.15) is 33.3 Å². The summed E-state index contributed by atoms with van der Waals surface area (Å²) >= 11 is 0. The van der Waals surface area contributed by atoms with Gasteiger partial charge in [0.15, 0.2) is 0 Å². The quantitative estimate of drug-likeness (QED) is 0.211. The van der Waals surface area contributed by atoms with Crippen LogP contribution in [0, 0.1) is 11.8 Å². The van der Waals surface area contributed by atoms with E-state index >= 15 is 0 Å². The van der Waals surface area contributed by atoms with Crippen LogP contribution in [0.2, 0.25) is 0 Å². The smallest absolute Gasteiger partial charge is 0.306 e. The van der Waals surface area contributed by atoms with Crippen molar-refractivity contribution in [2.45, 2.75) is 70.3 Å². The Kier molecular flexibility index (Phi) is 10.9. The van der Waals surface area contributed by atoms with Crippen molar-refractivity contribution in [2.24, 2.45) is 11.8 Å². The Hall–Kier alpha value is -4.00. The van der Waals surface area contributed by atoms with E-state index in [1.165, 1.54) is 6.26 Å². The Morgan fingerprint density at radius 3 is 2.48 bits per heavy atom. The Morgan fingerprint density at radius 1 is 1.00 bits per heavy atom. The van der Waals surface area contributed by atoms with Crippen molar-refractivity contribution in [1.29, 1.82) is 0 Å². The number of aromatic nitrogens is 3. The lowest BCUT2D eigenvalue weighted by Crippen LogP contribution is -2.44. The van der Waals surface area contributed by atoms with E-state index in [1.807, 2.05) is 46.0 Å². The number of rotatable bonds is 13. The Morgan fingerprint density at radius 2 is 1.76 bits per heavy atom. The van der Waals surface area contributed by atoms with E-state index in [2.05, 4.69) is 4.98 Å². The normalized spacial score (nSPS) is 19.2. The van der Waals surface area contributed by atoms with Gasteiger partial charge in [-0.3, -0.25) is 14.4 Å². The molecule has 3 aromatic rings. The van der Waals surface area contributed by atoms with Gasteiger partial charge in [-0.2, -0.15) is 0 Å². The summed E-state index contributed by atoms with van der Waals surface area (Å²) in [4.78, 5) is 47.0. The number of sulfone groups is 1. The molecule has 0 unspecified atom stereocenters. The molecule has 2 aliphatic rings. The number of carboxylic acids is 1. The topological polar surface area (TPSA) is 158 Å². The minimum absolute atomic E-state index is 0.00722. The summed E-state index contributed by atoms with van der Waals surface area (Å²) in [5.41, 5.74) is 0.935. The van der Waals surface area contributed by atoms with Crippen LogP contribution in [0.25, 0.3) is 16.7 Å². The number of likely N-dealkylation sites (tertiary alicyclic amines) is 1. The second kappa shape index (κ2) is 15.1. The molecule has 1 saturated carbocycles.